The Bertz CT molecular complexity index is 170. The third-order valence-corrected chi connectivity index (χ3v) is 5.64. The Morgan fingerprint density at radius 2 is 1.42 bits per heavy atom. The maximum atomic E-state index is 8.68. The topological polar surface area (TPSA) is 58.9 Å². The fourth-order valence-electron chi connectivity index (χ4n) is 1.91. The van der Waals surface area contributed by atoms with E-state index in [1.54, 1.807) is 0 Å². The number of hydrogen-bond donors (Lipinski definition) is 2. The first-order valence-electron chi connectivity index (χ1n) is 7.56. The van der Waals surface area contributed by atoms with Gasteiger partial charge in [-0.15, -0.1) is 0 Å². The number of aliphatic hydroxyl groups is 2. The van der Waals surface area contributed by atoms with Crippen LogP contribution >= 0.6 is 0 Å². The normalized spacial score (nSPS) is 12.0. The summed E-state index contributed by atoms with van der Waals surface area (Å²) in [5.74, 6) is 0. The first kappa shape index (κ1) is 19.1. The summed E-state index contributed by atoms with van der Waals surface area (Å²) in [4.78, 5) is 0. The number of unbranched alkanes of at least 4 members (excludes halogenated alkanes) is 4. The van der Waals surface area contributed by atoms with Gasteiger partial charge in [0, 0.05) is 19.8 Å². The lowest BCUT2D eigenvalue weighted by atomic mass is 10.2. The number of rotatable bonds is 14. The fourth-order valence-corrected chi connectivity index (χ4v) is 3.85. The smallest absolute Gasteiger partial charge is 0.186 e. The highest BCUT2D eigenvalue weighted by molar-refractivity contribution is 6.71. The van der Waals surface area contributed by atoms with Crippen LogP contribution in [-0.4, -0.2) is 51.6 Å². The van der Waals surface area contributed by atoms with Crippen LogP contribution in [0.15, 0.2) is 0 Å². The van der Waals surface area contributed by atoms with Crippen molar-refractivity contribution in [3.05, 3.63) is 0 Å². The molecule has 0 saturated carbocycles. The zero-order chi connectivity index (χ0) is 14.4. The lowest BCUT2D eigenvalue weighted by Gasteiger charge is -2.22. The van der Waals surface area contributed by atoms with Gasteiger partial charge in [-0.1, -0.05) is 19.3 Å². The lowest BCUT2D eigenvalue weighted by molar-refractivity contribution is 0.0902. The summed E-state index contributed by atoms with van der Waals surface area (Å²) in [6.45, 7) is 7.02. The summed E-state index contributed by atoms with van der Waals surface area (Å²) in [5.41, 5.74) is 0. The van der Waals surface area contributed by atoms with E-state index in [1.807, 2.05) is 0 Å². The van der Waals surface area contributed by atoms with Gasteiger partial charge in [0.2, 0.25) is 0 Å². The zero-order valence-corrected chi connectivity index (χ0v) is 13.7. The van der Waals surface area contributed by atoms with Crippen LogP contribution in [0.25, 0.3) is 0 Å². The zero-order valence-electron chi connectivity index (χ0n) is 12.7. The molecule has 0 aliphatic carbocycles. The molecule has 19 heavy (non-hydrogen) atoms. The van der Waals surface area contributed by atoms with Crippen molar-refractivity contribution in [2.75, 3.05) is 33.0 Å². The van der Waals surface area contributed by atoms with E-state index in [2.05, 4.69) is 13.1 Å². The minimum atomic E-state index is -1.49. The SMILES string of the molecule is C[Si](C)(CCCCOCCO)OCCCCCCO. The fraction of sp³-hybridized carbons (Fsp3) is 1.00. The maximum absolute atomic E-state index is 8.68. The molecule has 0 amide bonds. The summed E-state index contributed by atoms with van der Waals surface area (Å²) in [5, 5.41) is 17.3. The van der Waals surface area contributed by atoms with Gasteiger partial charge in [-0.25, -0.2) is 0 Å². The minimum absolute atomic E-state index is 0.111. The second-order valence-electron chi connectivity index (χ2n) is 5.54. The average molecular weight is 292 g/mol. The van der Waals surface area contributed by atoms with Gasteiger partial charge < -0.3 is 19.4 Å². The molecule has 0 aromatic heterocycles. The third-order valence-electron chi connectivity index (χ3n) is 3.10. The van der Waals surface area contributed by atoms with Crippen LogP contribution in [0.2, 0.25) is 19.1 Å². The van der Waals surface area contributed by atoms with Crippen molar-refractivity contribution in [3.63, 3.8) is 0 Å². The minimum Gasteiger partial charge on any atom is -0.417 e. The molecule has 0 rings (SSSR count). The van der Waals surface area contributed by atoms with Crippen LogP contribution in [0.4, 0.5) is 0 Å². The Labute approximate surface area is 119 Å². The molecule has 0 radical (unpaired) electrons. The summed E-state index contributed by atoms with van der Waals surface area (Å²) in [6, 6.07) is 1.17. The van der Waals surface area contributed by atoms with Crippen LogP contribution in [-0.2, 0) is 9.16 Å². The predicted octanol–water partition coefficient (Wildman–Crippen LogP) is 2.55. The molecule has 2 N–H and O–H groups in total. The van der Waals surface area contributed by atoms with Crippen molar-refractivity contribution in [1.82, 2.24) is 0 Å². The van der Waals surface area contributed by atoms with Crippen LogP contribution in [0.1, 0.15) is 38.5 Å². The summed E-state index contributed by atoms with van der Waals surface area (Å²) >= 11 is 0. The Hall–Kier alpha value is 0.0569. The molecule has 0 saturated heterocycles. The van der Waals surface area contributed by atoms with Crippen LogP contribution in [0.5, 0.6) is 0 Å². The van der Waals surface area contributed by atoms with E-state index in [4.69, 9.17) is 19.4 Å². The molecular weight excluding hydrogens is 260 g/mol. The predicted molar refractivity (Wildman–Crippen MR) is 80.9 cm³/mol. The molecule has 0 aliphatic rings. The first-order valence-corrected chi connectivity index (χ1v) is 10.7. The number of aliphatic hydroxyl groups excluding tert-OH is 2. The summed E-state index contributed by atoms with van der Waals surface area (Å²) < 4.78 is 11.3. The molecule has 0 bridgehead atoms. The molecule has 0 fully saturated rings. The summed E-state index contributed by atoms with van der Waals surface area (Å²) in [7, 11) is -1.49. The molecule has 116 valence electrons. The molecule has 0 heterocycles. The second kappa shape index (κ2) is 13.1. The van der Waals surface area contributed by atoms with Crippen molar-refractivity contribution in [2.24, 2.45) is 0 Å². The molecule has 0 aliphatic heterocycles. The molecule has 0 unspecified atom stereocenters. The number of hydrogen-bond acceptors (Lipinski definition) is 4. The van der Waals surface area contributed by atoms with E-state index in [-0.39, 0.29) is 6.61 Å². The molecule has 0 atom stereocenters. The van der Waals surface area contributed by atoms with Crippen molar-refractivity contribution < 1.29 is 19.4 Å². The largest absolute Gasteiger partial charge is 0.417 e. The first-order chi connectivity index (χ1) is 9.12. The second-order valence-corrected chi connectivity index (χ2v) is 9.85. The summed E-state index contributed by atoms with van der Waals surface area (Å²) in [6.07, 6.45) is 6.47. The average Bonchev–Trinajstić information content (AvgIpc) is 2.38. The Morgan fingerprint density at radius 3 is 2.11 bits per heavy atom. The van der Waals surface area contributed by atoms with E-state index >= 15 is 0 Å². The molecule has 0 aromatic carbocycles. The Morgan fingerprint density at radius 1 is 0.737 bits per heavy atom. The van der Waals surface area contributed by atoms with Gasteiger partial charge in [-0.3, -0.25) is 0 Å². The van der Waals surface area contributed by atoms with E-state index in [0.29, 0.717) is 13.2 Å². The van der Waals surface area contributed by atoms with Crippen LogP contribution < -0.4 is 0 Å². The van der Waals surface area contributed by atoms with Gasteiger partial charge >= 0.3 is 0 Å². The van der Waals surface area contributed by atoms with E-state index < -0.39 is 8.32 Å². The molecule has 5 heteroatoms. The van der Waals surface area contributed by atoms with Gasteiger partial charge in [0.1, 0.15) is 0 Å². The van der Waals surface area contributed by atoms with Gasteiger partial charge in [0.25, 0.3) is 0 Å². The van der Waals surface area contributed by atoms with Gasteiger partial charge in [-0.05, 0) is 38.4 Å². The Balaban J connectivity index is 3.36. The van der Waals surface area contributed by atoms with Gasteiger partial charge in [-0.2, -0.15) is 0 Å². The van der Waals surface area contributed by atoms with Crippen molar-refractivity contribution >= 4 is 8.32 Å². The van der Waals surface area contributed by atoms with E-state index in [0.717, 1.165) is 51.7 Å². The molecular formula is C14H32O4Si. The van der Waals surface area contributed by atoms with Crippen LogP contribution in [0.3, 0.4) is 0 Å². The highest BCUT2D eigenvalue weighted by Gasteiger charge is 2.21. The highest BCUT2D eigenvalue weighted by atomic mass is 28.4. The third kappa shape index (κ3) is 14.3. The quantitative estimate of drug-likeness (QED) is 0.381. The maximum Gasteiger partial charge on any atom is 0.186 e. The molecule has 4 nitrogen and oxygen atoms in total. The van der Waals surface area contributed by atoms with E-state index in [1.165, 1.54) is 6.04 Å². The van der Waals surface area contributed by atoms with Crippen molar-refractivity contribution in [3.8, 4) is 0 Å². The van der Waals surface area contributed by atoms with Crippen molar-refractivity contribution in [1.29, 1.82) is 0 Å². The van der Waals surface area contributed by atoms with Gasteiger partial charge in [0.05, 0.1) is 13.2 Å². The number of ether oxygens (including phenoxy) is 1. The molecule has 0 aromatic rings. The van der Waals surface area contributed by atoms with Crippen molar-refractivity contribution in [2.45, 2.75) is 57.7 Å². The highest BCUT2D eigenvalue weighted by Crippen LogP contribution is 2.16. The van der Waals surface area contributed by atoms with Gasteiger partial charge in [0.15, 0.2) is 8.32 Å². The molecule has 0 spiro atoms. The lowest BCUT2D eigenvalue weighted by Crippen LogP contribution is -2.30. The standard InChI is InChI=1S/C14H32O4Si/c1-19(2,14-8-7-11-17-13-10-16)18-12-6-4-3-5-9-15/h15-16H,3-14H2,1-2H3. The van der Waals surface area contributed by atoms with Crippen LogP contribution in [0, 0.1) is 0 Å². The van der Waals surface area contributed by atoms with E-state index in [9.17, 15) is 0 Å². The monoisotopic (exact) mass is 292 g/mol. The Kier molecular flexibility index (Phi) is 13.1.